The number of likely N-dealkylation sites (tertiary alicyclic amines) is 1. The molecule has 0 aromatic heterocycles. The fourth-order valence-corrected chi connectivity index (χ4v) is 5.73. The van der Waals surface area contributed by atoms with Crippen molar-refractivity contribution in [2.45, 2.75) is 24.9 Å². The molecule has 2 fully saturated rings. The average Bonchev–Trinajstić information content (AvgIpc) is 2.97. The second kappa shape index (κ2) is 6.18. The van der Waals surface area contributed by atoms with Crippen LogP contribution in [-0.4, -0.2) is 46.8 Å². The predicted molar refractivity (Wildman–Crippen MR) is 102 cm³/mol. The topological polar surface area (TPSA) is 60.8 Å². The van der Waals surface area contributed by atoms with E-state index in [9.17, 15) is 15.0 Å². The minimum absolute atomic E-state index is 0.0217. The van der Waals surface area contributed by atoms with Crippen molar-refractivity contribution in [3.63, 3.8) is 0 Å². The second-order valence-electron chi connectivity index (χ2n) is 8.40. The van der Waals surface area contributed by atoms with Gasteiger partial charge in [-0.25, -0.2) is 0 Å². The van der Waals surface area contributed by atoms with E-state index in [0.717, 1.165) is 18.4 Å². The number of nitrogens with zero attached hydrogens (tertiary/aromatic N) is 1. The van der Waals surface area contributed by atoms with Crippen LogP contribution in [-0.2, 0) is 17.6 Å². The molecule has 1 heterocycles. The fraction of sp³-hybridized carbons (Fsp3) is 0.435. The minimum Gasteiger partial charge on any atom is -0.396 e. The predicted octanol–water partition coefficient (Wildman–Crippen LogP) is 2.00. The summed E-state index contributed by atoms with van der Waals surface area (Å²) in [7, 11) is 0. The Hall–Kier alpha value is -2.17. The lowest BCUT2D eigenvalue weighted by molar-refractivity contribution is -0.134. The SMILES string of the molecule is O=C(C1Cc2ccccc2C1)N1C[C@@H](O)[C@@]2(C1)[C@H](CO)[C@H]2c1ccccc1. The molecule has 2 aromatic carbocycles. The highest BCUT2D eigenvalue weighted by atomic mass is 16.3. The Bertz CT molecular complexity index is 842. The first-order valence-electron chi connectivity index (χ1n) is 9.84. The number of amides is 1. The summed E-state index contributed by atoms with van der Waals surface area (Å²) < 4.78 is 0. The van der Waals surface area contributed by atoms with Crippen molar-refractivity contribution in [3.8, 4) is 0 Å². The average molecular weight is 363 g/mol. The van der Waals surface area contributed by atoms with Gasteiger partial charge in [0.15, 0.2) is 0 Å². The summed E-state index contributed by atoms with van der Waals surface area (Å²) in [6.07, 6.45) is 1.01. The monoisotopic (exact) mass is 363 g/mol. The van der Waals surface area contributed by atoms with Crippen LogP contribution in [0, 0.1) is 17.3 Å². The van der Waals surface area contributed by atoms with Gasteiger partial charge in [0.05, 0.1) is 6.10 Å². The number of fused-ring (bicyclic) bond motifs is 1. The second-order valence-corrected chi connectivity index (χ2v) is 8.40. The van der Waals surface area contributed by atoms with Gasteiger partial charge in [0, 0.05) is 31.0 Å². The zero-order valence-electron chi connectivity index (χ0n) is 15.3. The number of aliphatic hydroxyl groups excluding tert-OH is 2. The van der Waals surface area contributed by atoms with Crippen molar-refractivity contribution >= 4 is 5.91 Å². The number of β-amino-alcohol motifs (C(OH)–C–C–N with tert-alkyl or cyclic N) is 1. The van der Waals surface area contributed by atoms with Crippen LogP contribution in [0.3, 0.4) is 0 Å². The molecule has 0 unspecified atom stereocenters. The molecular formula is C23H25NO3. The highest BCUT2D eigenvalue weighted by Gasteiger charge is 2.71. The van der Waals surface area contributed by atoms with Crippen LogP contribution < -0.4 is 0 Å². The number of carbonyl (C=O) groups is 1. The summed E-state index contributed by atoms with van der Waals surface area (Å²) in [5.74, 6) is 0.273. The summed E-state index contributed by atoms with van der Waals surface area (Å²) in [5.41, 5.74) is 3.30. The Morgan fingerprint density at radius 1 is 1.04 bits per heavy atom. The maximum Gasteiger partial charge on any atom is 0.226 e. The molecule has 0 bridgehead atoms. The van der Waals surface area contributed by atoms with Crippen molar-refractivity contribution in [2.24, 2.45) is 17.3 Å². The summed E-state index contributed by atoms with van der Waals surface area (Å²) in [4.78, 5) is 15.0. The fourth-order valence-electron chi connectivity index (χ4n) is 5.73. The number of rotatable bonds is 3. The van der Waals surface area contributed by atoms with Gasteiger partial charge < -0.3 is 15.1 Å². The standard InChI is InChI=1S/C23H25NO3/c25-13-19-21(15-6-2-1-3-7-15)23(19)14-24(12-20(23)26)22(27)18-10-16-8-4-5-9-17(16)11-18/h1-9,18-21,25-26H,10-14H2/t19-,20-,21-,23-/m1/s1. The molecule has 4 heteroatoms. The zero-order valence-corrected chi connectivity index (χ0v) is 15.3. The van der Waals surface area contributed by atoms with Crippen LogP contribution in [0.1, 0.15) is 22.6 Å². The van der Waals surface area contributed by atoms with Crippen LogP contribution in [0.15, 0.2) is 54.6 Å². The third-order valence-electron chi connectivity index (χ3n) is 7.11. The number of hydrogen-bond acceptors (Lipinski definition) is 3. The van der Waals surface area contributed by atoms with Crippen LogP contribution in [0.2, 0.25) is 0 Å². The molecule has 0 radical (unpaired) electrons. The van der Waals surface area contributed by atoms with Gasteiger partial charge in [0.25, 0.3) is 0 Å². The maximum atomic E-state index is 13.2. The van der Waals surface area contributed by atoms with Gasteiger partial charge in [0.1, 0.15) is 0 Å². The summed E-state index contributed by atoms with van der Waals surface area (Å²) in [5, 5.41) is 20.8. The van der Waals surface area contributed by atoms with Crippen LogP contribution >= 0.6 is 0 Å². The van der Waals surface area contributed by atoms with Gasteiger partial charge in [-0.3, -0.25) is 4.79 Å². The Kier molecular flexibility index (Phi) is 3.88. The summed E-state index contributed by atoms with van der Waals surface area (Å²) in [6.45, 7) is 0.976. The molecule has 1 aliphatic heterocycles. The molecule has 5 rings (SSSR count). The molecule has 27 heavy (non-hydrogen) atoms. The van der Waals surface area contributed by atoms with E-state index in [1.54, 1.807) is 0 Å². The van der Waals surface area contributed by atoms with Gasteiger partial charge in [-0.1, -0.05) is 54.6 Å². The largest absolute Gasteiger partial charge is 0.396 e. The highest BCUT2D eigenvalue weighted by molar-refractivity contribution is 5.81. The van der Waals surface area contributed by atoms with Crippen molar-refractivity contribution in [3.05, 3.63) is 71.3 Å². The Labute approximate surface area is 159 Å². The van der Waals surface area contributed by atoms with Crippen LogP contribution in [0.5, 0.6) is 0 Å². The third kappa shape index (κ3) is 2.47. The van der Waals surface area contributed by atoms with E-state index >= 15 is 0 Å². The molecule has 1 spiro atoms. The van der Waals surface area contributed by atoms with Crippen molar-refractivity contribution in [2.75, 3.05) is 19.7 Å². The molecule has 3 aliphatic rings. The first-order valence-corrected chi connectivity index (χ1v) is 9.84. The van der Waals surface area contributed by atoms with Crippen LogP contribution in [0.25, 0.3) is 0 Å². The summed E-state index contributed by atoms with van der Waals surface area (Å²) >= 11 is 0. The number of hydrogen-bond donors (Lipinski definition) is 2. The van der Waals surface area contributed by atoms with E-state index in [4.69, 9.17) is 0 Å². The Balaban J connectivity index is 1.35. The molecule has 4 nitrogen and oxygen atoms in total. The number of carbonyl (C=O) groups excluding carboxylic acids is 1. The first kappa shape index (κ1) is 17.0. The zero-order chi connectivity index (χ0) is 18.6. The Morgan fingerprint density at radius 3 is 2.30 bits per heavy atom. The lowest BCUT2D eigenvalue weighted by atomic mass is 9.95. The first-order chi connectivity index (χ1) is 13.1. The van der Waals surface area contributed by atoms with E-state index < -0.39 is 11.5 Å². The smallest absolute Gasteiger partial charge is 0.226 e. The Morgan fingerprint density at radius 2 is 1.67 bits per heavy atom. The lowest BCUT2D eigenvalue weighted by Gasteiger charge is -2.20. The molecule has 2 aliphatic carbocycles. The molecule has 1 saturated heterocycles. The third-order valence-corrected chi connectivity index (χ3v) is 7.11. The number of aliphatic hydroxyl groups is 2. The van der Waals surface area contributed by atoms with E-state index in [-0.39, 0.29) is 30.3 Å². The van der Waals surface area contributed by atoms with E-state index in [0.29, 0.717) is 13.1 Å². The molecule has 2 aromatic rings. The molecule has 1 saturated carbocycles. The lowest BCUT2D eigenvalue weighted by Crippen LogP contribution is -2.35. The van der Waals surface area contributed by atoms with Crippen molar-refractivity contribution < 1.29 is 15.0 Å². The molecular weight excluding hydrogens is 338 g/mol. The maximum absolute atomic E-state index is 13.2. The van der Waals surface area contributed by atoms with Gasteiger partial charge in [-0.2, -0.15) is 0 Å². The van der Waals surface area contributed by atoms with E-state index in [1.807, 2.05) is 35.2 Å². The molecule has 2 N–H and O–H groups in total. The van der Waals surface area contributed by atoms with E-state index in [2.05, 4.69) is 24.3 Å². The van der Waals surface area contributed by atoms with Crippen molar-refractivity contribution in [1.82, 2.24) is 4.90 Å². The minimum atomic E-state index is -0.576. The van der Waals surface area contributed by atoms with E-state index in [1.165, 1.54) is 11.1 Å². The number of benzene rings is 2. The van der Waals surface area contributed by atoms with Gasteiger partial charge in [-0.15, -0.1) is 0 Å². The van der Waals surface area contributed by atoms with Gasteiger partial charge in [-0.05, 0) is 41.4 Å². The molecule has 1 amide bonds. The highest BCUT2D eigenvalue weighted by Crippen LogP contribution is 2.68. The quantitative estimate of drug-likeness (QED) is 0.877. The van der Waals surface area contributed by atoms with Crippen molar-refractivity contribution in [1.29, 1.82) is 0 Å². The molecule has 4 atom stereocenters. The normalized spacial score (nSPS) is 32.1. The van der Waals surface area contributed by atoms with Gasteiger partial charge in [0.2, 0.25) is 5.91 Å². The van der Waals surface area contributed by atoms with Gasteiger partial charge >= 0.3 is 0 Å². The summed E-state index contributed by atoms with van der Waals surface area (Å²) in [6, 6.07) is 18.4. The molecule has 140 valence electrons. The van der Waals surface area contributed by atoms with Crippen LogP contribution in [0.4, 0.5) is 0 Å².